The number of hydrogen-bond acceptors (Lipinski definition) is 2. The third kappa shape index (κ3) is 5.13. The highest BCUT2D eigenvalue weighted by Gasteiger charge is 2.09. The van der Waals surface area contributed by atoms with Gasteiger partial charge in [0.2, 0.25) is 0 Å². The molecule has 0 fully saturated rings. The fourth-order valence-corrected chi connectivity index (χ4v) is 1.42. The van der Waals surface area contributed by atoms with E-state index in [1.807, 2.05) is 6.92 Å². The second-order valence-electron chi connectivity index (χ2n) is 4.40. The molecular weight excluding hydrogens is 224 g/mol. The molecule has 1 aromatic rings. The molecular formula is C13H19F2NO. The molecule has 1 atom stereocenters. The lowest BCUT2D eigenvalue weighted by Gasteiger charge is -2.16. The average Bonchev–Trinajstić information content (AvgIpc) is 2.21. The van der Waals surface area contributed by atoms with Crippen molar-refractivity contribution in [2.24, 2.45) is 0 Å². The molecule has 0 amide bonds. The van der Waals surface area contributed by atoms with Gasteiger partial charge in [0, 0.05) is 12.1 Å². The molecule has 0 aromatic heterocycles. The molecule has 0 heterocycles. The van der Waals surface area contributed by atoms with E-state index in [1.54, 1.807) is 0 Å². The fraction of sp³-hybridized carbons (Fsp3) is 0.538. The van der Waals surface area contributed by atoms with Crippen molar-refractivity contribution in [2.75, 3.05) is 6.54 Å². The highest BCUT2D eigenvalue weighted by Crippen LogP contribution is 2.19. The smallest absolute Gasteiger partial charge is 0.167 e. The Kier molecular flexibility index (Phi) is 5.35. The van der Waals surface area contributed by atoms with Gasteiger partial charge in [0.1, 0.15) is 5.82 Å². The first-order valence-electron chi connectivity index (χ1n) is 5.84. The maximum atomic E-state index is 13.3. The molecule has 4 heteroatoms. The molecule has 1 rings (SSSR count). The third-order valence-corrected chi connectivity index (χ3v) is 2.33. The molecule has 1 aromatic carbocycles. The molecule has 0 radical (unpaired) electrons. The molecule has 0 aliphatic carbocycles. The van der Waals surface area contributed by atoms with Crippen LogP contribution >= 0.6 is 0 Å². The summed E-state index contributed by atoms with van der Waals surface area (Å²) >= 11 is 0. The van der Waals surface area contributed by atoms with Crippen LogP contribution in [0.1, 0.15) is 27.2 Å². The SMILES string of the molecule is CC(C)NCCC(C)Oc1ccc(F)cc1F. The summed E-state index contributed by atoms with van der Waals surface area (Å²) in [6, 6.07) is 3.76. The van der Waals surface area contributed by atoms with Gasteiger partial charge in [0.15, 0.2) is 11.6 Å². The Labute approximate surface area is 101 Å². The Hall–Kier alpha value is -1.16. The summed E-state index contributed by atoms with van der Waals surface area (Å²) in [7, 11) is 0. The monoisotopic (exact) mass is 243 g/mol. The minimum Gasteiger partial charge on any atom is -0.488 e. The number of nitrogens with one attached hydrogen (secondary N) is 1. The first kappa shape index (κ1) is 13.9. The van der Waals surface area contributed by atoms with E-state index in [0.717, 1.165) is 19.0 Å². The summed E-state index contributed by atoms with van der Waals surface area (Å²) in [6.45, 7) is 6.79. The van der Waals surface area contributed by atoms with E-state index in [9.17, 15) is 8.78 Å². The molecule has 0 aliphatic rings. The van der Waals surface area contributed by atoms with Gasteiger partial charge < -0.3 is 10.1 Å². The largest absolute Gasteiger partial charge is 0.488 e. The fourth-order valence-electron chi connectivity index (χ4n) is 1.42. The van der Waals surface area contributed by atoms with Crippen LogP contribution in [-0.4, -0.2) is 18.7 Å². The highest BCUT2D eigenvalue weighted by atomic mass is 19.1. The van der Waals surface area contributed by atoms with Gasteiger partial charge in [-0.15, -0.1) is 0 Å². The van der Waals surface area contributed by atoms with Gasteiger partial charge in [-0.05, 0) is 32.0 Å². The molecule has 96 valence electrons. The summed E-state index contributed by atoms with van der Waals surface area (Å²) in [5.74, 6) is -1.15. The average molecular weight is 243 g/mol. The van der Waals surface area contributed by atoms with Crippen LogP contribution in [0.4, 0.5) is 8.78 Å². The van der Waals surface area contributed by atoms with Gasteiger partial charge in [-0.25, -0.2) is 8.78 Å². The molecule has 1 unspecified atom stereocenters. The van der Waals surface area contributed by atoms with Crippen LogP contribution in [0.25, 0.3) is 0 Å². The summed E-state index contributed by atoms with van der Waals surface area (Å²) < 4.78 is 31.4. The maximum Gasteiger partial charge on any atom is 0.167 e. The zero-order valence-electron chi connectivity index (χ0n) is 10.5. The van der Waals surface area contributed by atoms with Gasteiger partial charge in [0.25, 0.3) is 0 Å². The lowest BCUT2D eigenvalue weighted by atomic mass is 10.2. The first-order valence-corrected chi connectivity index (χ1v) is 5.84. The van der Waals surface area contributed by atoms with Gasteiger partial charge in [0.05, 0.1) is 6.10 Å². The molecule has 0 bridgehead atoms. The van der Waals surface area contributed by atoms with Crippen molar-refractivity contribution in [2.45, 2.75) is 39.3 Å². The lowest BCUT2D eigenvalue weighted by molar-refractivity contribution is 0.199. The highest BCUT2D eigenvalue weighted by molar-refractivity contribution is 5.24. The second kappa shape index (κ2) is 6.55. The van der Waals surface area contributed by atoms with Crippen molar-refractivity contribution in [3.05, 3.63) is 29.8 Å². The summed E-state index contributed by atoms with van der Waals surface area (Å²) in [5.41, 5.74) is 0. The number of hydrogen-bond donors (Lipinski definition) is 1. The molecule has 1 N–H and O–H groups in total. The number of rotatable bonds is 6. The van der Waals surface area contributed by atoms with E-state index in [1.165, 1.54) is 12.1 Å². The minimum atomic E-state index is -0.659. The Bertz CT molecular complexity index is 355. The van der Waals surface area contributed by atoms with Gasteiger partial charge in [-0.2, -0.15) is 0 Å². The summed E-state index contributed by atoms with van der Waals surface area (Å²) in [4.78, 5) is 0. The van der Waals surface area contributed by atoms with Crippen LogP contribution in [0.2, 0.25) is 0 Å². The van der Waals surface area contributed by atoms with Gasteiger partial charge in [-0.3, -0.25) is 0 Å². The van der Waals surface area contributed by atoms with Crippen LogP contribution in [0.3, 0.4) is 0 Å². The van der Waals surface area contributed by atoms with Crippen molar-refractivity contribution in [3.63, 3.8) is 0 Å². The molecule has 0 spiro atoms. The number of ether oxygens (including phenoxy) is 1. The normalized spacial score (nSPS) is 12.8. The number of benzene rings is 1. The van der Waals surface area contributed by atoms with E-state index in [0.29, 0.717) is 6.04 Å². The quantitative estimate of drug-likeness (QED) is 0.828. The van der Waals surface area contributed by atoms with Crippen molar-refractivity contribution in [3.8, 4) is 5.75 Å². The Morgan fingerprint density at radius 1 is 1.24 bits per heavy atom. The van der Waals surface area contributed by atoms with E-state index < -0.39 is 11.6 Å². The predicted octanol–water partition coefficient (Wildman–Crippen LogP) is 3.12. The topological polar surface area (TPSA) is 21.3 Å². The van der Waals surface area contributed by atoms with Crippen LogP contribution in [-0.2, 0) is 0 Å². The second-order valence-corrected chi connectivity index (χ2v) is 4.40. The molecule has 0 saturated heterocycles. The van der Waals surface area contributed by atoms with E-state index in [-0.39, 0.29) is 11.9 Å². The van der Waals surface area contributed by atoms with Gasteiger partial charge >= 0.3 is 0 Å². The minimum absolute atomic E-state index is 0.100. The Morgan fingerprint density at radius 2 is 1.94 bits per heavy atom. The maximum absolute atomic E-state index is 13.3. The molecule has 17 heavy (non-hydrogen) atoms. The molecule has 0 aliphatic heterocycles. The van der Waals surface area contributed by atoms with Crippen molar-refractivity contribution in [1.82, 2.24) is 5.32 Å². The van der Waals surface area contributed by atoms with Crippen molar-refractivity contribution < 1.29 is 13.5 Å². The van der Waals surface area contributed by atoms with E-state index in [4.69, 9.17) is 4.74 Å². The standard InChI is InChI=1S/C13H19F2NO/c1-9(2)16-7-6-10(3)17-13-5-4-11(14)8-12(13)15/h4-5,8-10,16H,6-7H2,1-3H3. The zero-order valence-corrected chi connectivity index (χ0v) is 10.5. The van der Waals surface area contributed by atoms with Crippen molar-refractivity contribution >= 4 is 0 Å². The van der Waals surface area contributed by atoms with Crippen LogP contribution in [0.15, 0.2) is 18.2 Å². The van der Waals surface area contributed by atoms with E-state index >= 15 is 0 Å². The van der Waals surface area contributed by atoms with E-state index in [2.05, 4.69) is 19.2 Å². The predicted molar refractivity (Wildman–Crippen MR) is 64.2 cm³/mol. The summed E-state index contributed by atoms with van der Waals surface area (Å²) in [6.07, 6.45) is 0.663. The Morgan fingerprint density at radius 3 is 2.53 bits per heavy atom. The van der Waals surface area contributed by atoms with Crippen LogP contribution < -0.4 is 10.1 Å². The van der Waals surface area contributed by atoms with Gasteiger partial charge in [-0.1, -0.05) is 13.8 Å². The zero-order chi connectivity index (χ0) is 12.8. The Balaban J connectivity index is 2.42. The van der Waals surface area contributed by atoms with Crippen molar-refractivity contribution in [1.29, 1.82) is 0 Å². The molecule has 0 saturated carbocycles. The van der Waals surface area contributed by atoms with Crippen LogP contribution in [0.5, 0.6) is 5.75 Å². The van der Waals surface area contributed by atoms with Crippen LogP contribution in [0, 0.1) is 11.6 Å². The third-order valence-electron chi connectivity index (χ3n) is 2.33. The lowest BCUT2D eigenvalue weighted by Crippen LogP contribution is -2.27. The first-order chi connectivity index (χ1) is 7.99. The molecule has 2 nitrogen and oxygen atoms in total. The summed E-state index contributed by atoms with van der Waals surface area (Å²) in [5, 5.41) is 3.25. The number of halogens is 2.